The van der Waals surface area contributed by atoms with Crippen LogP contribution in [0.25, 0.3) is 0 Å². The first-order chi connectivity index (χ1) is 8.97. The minimum atomic E-state index is -0.783. The molecule has 0 fully saturated rings. The summed E-state index contributed by atoms with van der Waals surface area (Å²) in [4.78, 5) is 22.6. The molecular weight excluding hydrogens is 253 g/mol. The van der Waals surface area contributed by atoms with Gasteiger partial charge in [-0.2, -0.15) is 0 Å². The van der Waals surface area contributed by atoms with Crippen molar-refractivity contribution in [3.8, 4) is 0 Å². The number of carbonyl (C=O) groups excluding carboxylic acids is 2. The molecule has 0 heterocycles. The average molecular weight is 269 g/mol. The number of hydrogen-bond donors (Lipinski definition) is 3. The molecule has 1 aromatic rings. The summed E-state index contributed by atoms with van der Waals surface area (Å²) in [5, 5.41) is 4.85. The number of nitrogens with one attached hydrogen (secondary N) is 2. The third-order valence-electron chi connectivity index (χ3n) is 2.34. The van der Waals surface area contributed by atoms with Crippen molar-refractivity contribution in [3.63, 3.8) is 0 Å². The molecule has 0 aromatic heterocycles. The Labute approximate surface area is 110 Å². The van der Waals surface area contributed by atoms with Crippen molar-refractivity contribution in [1.82, 2.24) is 0 Å². The lowest BCUT2D eigenvalue weighted by Crippen LogP contribution is -2.35. The zero-order valence-corrected chi connectivity index (χ0v) is 10.7. The van der Waals surface area contributed by atoms with E-state index in [1.807, 2.05) is 0 Å². The van der Waals surface area contributed by atoms with E-state index in [1.165, 1.54) is 26.2 Å². The van der Waals surface area contributed by atoms with Gasteiger partial charge in [0.25, 0.3) is 5.91 Å². The van der Waals surface area contributed by atoms with Gasteiger partial charge in [0.15, 0.2) is 0 Å². The quantitative estimate of drug-likeness (QED) is 0.733. The van der Waals surface area contributed by atoms with Crippen LogP contribution in [0.15, 0.2) is 18.2 Å². The molecule has 0 aliphatic carbocycles. The Balaban J connectivity index is 2.84. The lowest BCUT2D eigenvalue weighted by molar-refractivity contribution is -0.125. The first kappa shape index (κ1) is 15.1. The molecule has 19 heavy (non-hydrogen) atoms. The number of hydrogen-bond acceptors (Lipinski definition) is 4. The van der Waals surface area contributed by atoms with Crippen molar-refractivity contribution in [1.29, 1.82) is 0 Å². The SMILES string of the molecule is COC(CN)C(=O)Nc1ccc(F)c(NC(C)=O)c1. The maximum atomic E-state index is 13.4. The average Bonchev–Trinajstić information content (AvgIpc) is 2.34. The van der Waals surface area contributed by atoms with Gasteiger partial charge in [-0.1, -0.05) is 0 Å². The highest BCUT2D eigenvalue weighted by atomic mass is 19.1. The van der Waals surface area contributed by atoms with Crippen molar-refractivity contribution >= 4 is 23.2 Å². The second kappa shape index (κ2) is 6.81. The van der Waals surface area contributed by atoms with Crippen molar-refractivity contribution in [2.24, 2.45) is 5.73 Å². The van der Waals surface area contributed by atoms with Gasteiger partial charge in [0, 0.05) is 26.3 Å². The van der Waals surface area contributed by atoms with E-state index >= 15 is 0 Å². The Bertz CT molecular complexity index is 475. The van der Waals surface area contributed by atoms with E-state index in [9.17, 15) is 14.0 Å². The van der Waals surface area contributed by atoms with E-state index in [0.717, 1.165) is 6.07 Å². The first-order valence-corrected chi connectivity index (χ1v) is 5.58. The van der Waals surface area contributed by atoms with Crippen LogP contribution in [0.4, 0.5) is 15.8 Å². The zero-order valence-electron chi connectivity index (χ0n) is 10.7. The lowest BCUT2D eigenvalue weighted by atomic mass is 10.2. The maximum Gasteiger partial charge on any atom is 0.254 e. The van der Waals surface area contributed by atoms with E-state index in [-0.39, 0.29) is 12.2 Å². The minimum absolute atomic E-state index is 0.00739. The smallest absolute Gasteiger partial charge is 0.254 e. The molecular formula is C12H16FN3O3. The summed E-state index contributed by atoms with van der Waals surface area (Å²) in [5.74, 6) is -1.43. The fourth-order valence-corrected chi connectivity index (χ4v) is 1.42. The molecule has 0 spiro atoms. The summed E-state index contributed by atoms with van der Waals surface area (Å²) in [5.41, 5.74) is 5.69. The number of amides is 2. The molecule has 2 amide bonds. The number of anilines is 2. The third-order valence-corrected chi connectivity index (χ3v) is 2.34. The summed E-state index contributed by atoms with van der Waals surface area (Å²) < 4.78 is 18.3. The number of rotatable bonds is 5. The van der Waals surface area contributed by atoms with Crippen LogP contribution >= 0.6 is 0 Å². The molecule has 7 heteroatoms. The first-order valence-electron chi connectivity index (χ1n) is 5.58. The summed E-state index contributed by atoms with van der Waals surface area (Å²) in [6, 6.07) is 3.84. The second-order valence-corrected chi connectivity index (χ2v) is 3.83. The number of ether oxygens (including phenoxy) is 1. The molecule has 1 rings (SSSR count). The molecule has 1 unspecified atom stereocenters. The number of carbonyl (C=O) groups is 2. The van der Waals surface area contributed by atoms with Crippen molar-refractivity contribution in [2.45, 2.75) is 13.0 Å². The largest absolute Gasteiger partial charge is 0.370 e. The van der Waals surface area contributed by atoms with Gasteiger partial charge in [0.05, 0.1) is 5.69 Å². The Hall–Kier alpha value is -1.99. The van der Waals surface area contributed by atoms with Crippen LogP contribution in [0.2, 0.25) is 0 Å². The number of halogens is 1. The van der Waals surface area contributed by atoms with E-state index in [4.69, 9.17) is 10.5 Å². The Morgan fingerprint density at radius 2 is 2.11 bits per heavy atom. The van der Waals surface area contributed by atoms with Crippen LogP contribution in [0, 0.1) is 5.82 Å². The van der Waals surface area contributed by atoms with Gasteiger partial charge < -0.3 is 21.1 Å². The molecule has 1 aromatic carbocycles. The molecule has 6 nitrogen and oxygen atoms in total. The molecule has 0 aliphatic rings. The van der Waals surface area contributed by atoms with Crippen molar-refractivity contribution in [2.75, 3.05) is 24.3 Å². The van der Waals surface area contributed by atoms with E-state index in [2.05, 4.69) is 10.6 Å². The van der Waals surface area contributed by atoms with Crippen LogP contribution in [-0.2, 0) is 14.3 Å². The van der Waals surface area contributed by atoms with Gasteiger partial charge in [-0.25, -0.2) is 4.39 Å². The molecule has 0 bridgehead atoms. The minimum Gasteiger partial charge on any atom is -0.370 e. The summed E-state index contributed by atoms with van der Waals surface area (Å²) in [6.07, 6.45) is -0.783. The predicted octanol–water partition coefficient (Wildman–Crippen LogP) is 0.696. The Kier molecular flexibility index (Phi) is 5.40. The summed E-state index contributed by atoms with van der Waals surface area (Å²) in [7, 11) is 1.37. The van der Waals surface area contributed by atoms with Gasteiger partial charge >= 0.3 is 0 Å². The normalized spacial score (nSPS) is 11.8. The maximum absolute atomic E-state index is 13.4. The predicted molar refractivity (Wildman–Crippen MR) is 69.2 cm³/mol. The van der Waals surface area contributed by atoms with E-state index in [1.54, 1.807) is 0 Å². The molecule has 0 saturated heterocycles. The lowest BCUT2D eigenvalue weighted by Gasteiger charge is -2.14. The van der Waals surface area contributed by atoms with Gasteiger partial charge in [-0.3, -0.25) is 9.59 Å². The highest BCUT2D eigenvalue weighted by Crippen LogP contribution is 2.19. The van der Waals surface area contributed by atoms with Gasteiger partial charge in [0.1, 0.15) is 11.9 Å². The Morgan fingerprint density at radius 3 is 2.63 bits per heavy atom. The fourth-order valence-electron chi connectivity index (χ4n) is 1.42. The Morgan fingerprint density at radius 1 is 1.42 bits per heavy atom. The monoisotopic (exact) mass is 269 g/mol. The van der Waals surface area contributed by atoms with Gasteiger partial charge in [-0.05, 0) is 18.2 Å². The number of nitrogens with two attached hydrogens (primary N) is 1. The van der Waals surface area contributed by atoms with Crippen LogP contribution < -0.4 is 16.4 Å². The highest BCUT2D eigenvalue weighted by Gasteiger charge is 2.16. The van der Waals surface area contributed by atoms with Crippen molar-refractivity contribution < 1.29 is 18.7 Å². The third kappa shape index (κ3) is 4.31. The highest BCUT2D eigenvalue weighted by molar-refractivity contribution is 5.95. The topological polar surface area (TPSA) is 93.4 Å². The van der Waals surface area contributed by atoms with Gasteiger partial charge in [-0.15, -0.1) is 0 Å². The van der Waals surface area contributed by atoms with Crippen LogP contribution in [0.1, 0.15) is 6.92 Å². The van der Waals surface area contributed by atoms with E-state index < -0.39 is 23.7 Å². The number of methoxy groups -OCH3 is 1. The molecule has 0 saturated carbocycles. The molecule has 0 radical (unpaired) electrons. The summed E-state index contributed by atoms with van der Waals surface area (Å²) >= 11 is 0. The van der Waals surface area contributed by atoms with Crippen LogP contribution in [0.3, 0.4) is 0 Å². The van der Waals surface area contributed by atoms with Crippen LogP contribution in [-0.4, -0.2) is 31.6 Å². The van der Waals surface area contributed by atoms with Gasteiger partial charge in [0.2, 0.25) is 5.91 Å². The zero-order chi connectivity index (χ0) is 14.4. The van der Waals surface area contributed by atoms with E-state index in [0.29, 0.717) is 5.69 Å². The number of benzene rings is 1. The molecule has 104 valence electrons. The molecule has 1 atom stereocenters. The molecule has 0 aliphatic heterocycles. The summed E-state index contributed by atoms with van der Waals surface area (Å²) in [6.45, 7) is 1.29. The second-order valence-electron chi connectivity index (χ2n) is 3.83. The van der Waals surface area contributed by atoms with Crippen molar-refractivity contribution in [3.05, 3.63) is 24.0 Å². The standard InChI is InChI=1S/C12H16FN3O3/c1-7(17)15-10-5-8(3-4-9(10)13)16-12(18)11(6-14)19-2/h3-5,11H,6,14H2,1-2H3,(H,15,17)(H,16,18). The van der Waals surface area contributed by atoms with Crippen LogP contribution in [0.5, 0.6) is 0 Å². The fraction of sp³-hybridized carbons (Fsp3) is 0.333. The molecule has 4 N–H and O–H groups in total.